The van der Waals surface area contributed by atoms with Crippen LogP contribution in [0.1, 0.15) is 34.1 Å². The summed E-state index contributed by atoms with van der Waals surface area (Å²) in [6.45, 7) is 9.11. The SMILES string of the molecule is CSCCC(C)N(C)C(C)(C)C. The summed E-state index contributed by atoms with van der Waals surface area (Å²) in [5.41, 5.74) is 0.303. The maximum atomic E-state index is 2.45. The number of hydrogen-bond acceptors (Lipinski definition) is 2. The minimum Gasteiger partial charge on any atom is -0.299 e. The van der Waals surface area contributed by atoms with E-state index in [1.165, 1.54) is 12.2 Å². The number of nitrogens with zero attached hydrogens (tertiary/aromatic N) is 1. The van der Waals surface area contributed by atoms with Crippen molar-refractivity contribution in [2.45, 2.75) is 45.7 Å². The van der Waals surface area contributed by atoms with Gasteiger partial charge in [0.15, 0.2) is 0 Å². The maximum absolute atomic E-state index is 2.45. The summed E-state index contributed by atoms with van der Waals surface area (Å²) < 4.78 is 0. The highest BCUT2D eigenvalue weighted by Gasteiger charge is 2.21. The third-order valence-electron chi connectivity index (χ3n) is 2.46. The molecule has 2 heteroatoms. The van der Waals surface area contributed by atoms with E-state index in [0.29, 0.717) is 11.6 Å². The Kier molecular flexibility index (Phi) is 5.26. The first kappa shape index (κ1) is 12.3. The normalized spacial score (nSPS) is 15.2. The summed E-state index contributed by atoms with van der Waals surface area (Å²) >= 11 is 1.93. The maximum Gasteiger partial charge on any atom is 0.0124 e. The van der Waals surface area contributed by atoms with Gasteiger partial charge < -0.3 is 0 Å². The minimum absolute atomic E-state index is 0.303. The molecule has 0 saturated heterocycles. The molecule has 0 aromatic rings. The molecule has 0 aromatic carbocycles. The van der Waals surface area contributed by atoms with E-state index in [9.17, 15) is 0 Å². The van der Waals surface area contributed by atoms with Gasteiger partial charge in [0, 0.05) is 11.6 Å². The fourth-order valence-electron chi connectivity index (χ4n) is 1.14. The Hall–Kier alpha value is 0.310. The highest BCUT2D eigenvalue weighted by atomic mass is 32.2. The zero-order valence-corrected chi connectivity index (χ0v) is 10.2. The van der Waals surface area contributed by atoms with E-state index in [-0.39, 0.29) is 0 Å². The summed E-state index contributed by atoms with van der Waals surface area (Å²) in [6.07, 6.45) is 3.46. The second-order valence-electron chi connectivity index (χ2n) is 4.41. The van der Waals surface area contributed by atoms with Gasteiger partial charge in [-0.2, -0.15) is 11.8 Å². The molecule has 0 fully saturated rings. The molecule has 0 radical (unpaired) electrons. The molecule has 1 nitrogen and oxygen atoms in total. The van der Waals surface area contributed by atoms with Gasteiger partial charge in [-0.1, -0.05) is 0 Å². The molecular weight excluding hydrogens is 166 g/mol. The Morgan fingerprint density at radius 2 is 1.83 bits per heavy atom. The van der Waals surface area contributed by atoms with Gasteiger partial charge in [0.25, 0.3) is 0 Å². The molecule has 1 atom stereocenters. The predicted octanol–water partition coefficient (Wildman–Crippen LogP) is 2.86. The minimum atomic E-state index is 0.303. The molecule has 74 valence electrons. The lowest BCUT2D eigenvalue weighted by Gasteiger charge is -2.37. The molecule has 12 heavy (non-hydrogen) atoms. The lowest BCUT2D eigenvalue weighted by Crippen LogP contribution is -2.44. The highest BCUT2D eigenvalue weighted by molar-refractivity contribution is 7.98. The quantitative estimate of drug-likeness (QED) is 0.669. The van der Waals surface area contributed by atoms with E-state index in [4.69, 9.17) is 0 Å². The Morgan fingerprint density at radius 3 is 2.17 bits per heavy atom. The fraction of sp³-hybridized carbons (Fsp3) is 1.00. The lowest BCUT2D eigenvalue weighted by atomic mass is 10.0. The first-order chi connectivity index (χ1) is 5.39. The van der Waals surface area contributed by atoms with E-state index < -0.39 is 0 Å². The molecule has 0 amide bonds. The van der Waals surface area contributed by atoms with Crippen molar-refractivity contribution in [1.82, 2.24) is 4.90 Å². The summed E-state index contributed by atoms with van der Waals surface area (Å²) in [4.78, 5) is 2.45. The summed E-state index contributed by atoms with van der Waals surface area (Å²) in [6, 6.07) is 0.692. The topological polar surface area (TPSA) is 3.24 Å². The average Bonchev–Trinajstić information content (AvgIpc) is 1.97. The third-order valence-corrected chi connectivity index (χ3v) is 3.10. The van der Waals surface area contributed by atoms with Crippen molar-refractivity contribution in [2.24, 2.45) is 0 Å². The number of rotatable bonds is 4. The van der Waals surface area contributed by atoms with Gasteiger partial charge in [0.05, 0.1) is 0 Å². The summed E-state index contributed by atoms with van der Waals surface area (Å²) in [5, 5.41) is 0. The van der Waals surface area contributed by atoms with Crippen molar-refractivity contribution in [3.8, 4) is 0 Å². The van der Waals surface area contributed by atoms with E-state index in [2.05, 4.69) is 45.9 Å². The monoisotopic (exact) mass is 189 g/mol. The third kappa shape index (κ3) is 4.36. The molecule has 0 spiro atoms. The second kappa shape index (κ2) is 5.13. The molecular formula is C10H23NS. The van der Waals surface area contributed by atoms with Crippen LogP contribution < -0.4 is 0 Å². The molecule has 0 N–H and O–H groups in total. The summed E-state index contributed by atoms with van der Waals surface area (Å²) in [7, 11) is 2.21. The van der Waals surface area contributed by atoms with Gasteiger partial charge in [-0.15, -0.1) is 0 Å². The van der Waals surface area contributed by atoms with Crippen LogP contribution in [0.15, 0.2) is 0 Å². The van der Waals surface area contributed by atoms with Gasteiger partial charge in [0.2, 0.25) is 0 Å². The summed E-state index contributed by atoms with van der Waals surface area (Å²) in [5.74, 6) is 1.27. The van der Waals surface area contributed by atoms with Crippen LogP contribution >= 0.6 is 11.8 Å². The standard InChI is InChI=1S/C10H23NS/c1-9(7-8-12-6)11(5)10(2,3)4/h9H,7-8H2,1-6H3. The average molecular weight is 189 g/mol. The van der Waals surface area contributed by atoms with Crippen molar-refractivity contribution >= 4 is 11.8 Å². The van der Waals surface area contributed by atoms with Crippen molar-refractivity contribution in [1.29, 1.82) is 0 Å². The molecule has 0 aliphatic heterocycles. The van der Waals surface area contributed by atoms with Crippen LogP contribution in [-0.4, -0.2) is 35.5 Å². The zero-order valence-electron chi connectivity index (χ0n) is 9.35. The molecule has 1 unspecified atom stereocenters. The molecule has 0 saturated carbocycles. The predicted molar refractivity (Wildman–Crippen MR) is 60.0 cm³/mol. The van der Waals surface area contributed by atoms with Gasteiger partial charge in [0.1, 0.15) is 0 Å². The highest BCUT2D eigenvalue weighted by Crippen LogP contribution is 2.16. The first-order valence-electron chi connectivity index (χ1n) is 4.61. The number of hydrogen-bond donors (Lipinski definition) is 0. The molecule has 0 aliphatic carbocycles. The Morgan fingerprint density at radius 1 is 1.33 bits per heavy atom. The van der Waals surface area contributed by atoms with Gasteiger partial charge >= 0.3 is 0 Å². The first-order valence-corrected chi connectivity index (χ1v) is 6.01. The van der Waals surface area contributed by atoms with Gasteiger partial charge in [-0.3, -0.25) is 4.90 Å². The van der Waals surface area contributed by atoms with Gasteiger partial charge in [-0.25, -0.2) is 0 Å². The Balaban J connectivity index is 3.84. The van der Waals surface area contributed by atoms with Crippen LogP contribution in [0.2, 0.25) is 0 Å². The Labute approximate surface area is 81.9 Å². The van der Waals surface area contributed by atoms with Crippen molar-refractivity contribution in [3.05, 3.63) is 0 Å². The van der Waals surface area contributed by atoms with E-state index in [1.54, 1.807) is 0 Å². The molecule has 0 aliphatic rings. The van der Waals surface area contributed by atoms with Crippen molar-refractivity contribution in [3.63, 3.8) is 0 Å². The second-order valence-corrected chi connectivity index (χ2v) is 5.40. The zero-order chi connectivity index (χ0) is 9.78. The van der Waals surface area contributed by atoms with E-state index >= 15 is 0 Å². The number of thioether (sulfide) groups is 1. The van der Waals surface area contributed by atoms with Crippen molar-refractivity contribution in [2.75, 3.05) is 19.1 Å². The molecule has 0 heterocycles. The van der Waals surface area contributed by atoms with E-state index in [1.807, 2.05) is 11.8 Å². The van der Waals surface area contributed by atoms with Crippen LogP contribution in [0.3, 0.4) is 0 Å². The van der Waals surface area contributed by atoms with Crippen LogP contribution in [0.5, 0.6) is 0 Å². The van der Waals surface area contributed by atoms with Crippen LogP contribution in [0.25, 0.3) is 0 Å². The fourth-order valence-corrected chi connectivity index (χ4v) is 1.72. The Bertz CT molecular complexity index is 117. The van der Waals surface area contributed by atoms with Gasteiger partial charge in [-0.05, 0) is 53.2 Å². The lowest BCUT2D eigenvalue weighted by molar-refractivity contribution is 0.124. The largest absolute Gasteiger partial charge is 0.299 e. The van der Waals surface area contributed by atoms with Crippen LogP contribution in [-0.2, 0) is 0 Å². The molecule has 0 bridgehead atoms. The molecule has 0 rings (SSSR count). The van der Waals surface area contributed by atoms with Crippen LogP contribution in [0, 0.1) is 0 Å². The van der Waals surface area contributed by atoms with Crippen LogP contribution in [0.4, 0.5) is 0 Å². The smallest absolute Gasteiger partial charge is 0.0124 e. The molecule has 0 aromatic heterocycles. The van der Waals surface area contributed by atoms with Crippen molar-refractivity contribution < 1.29 is 0 Å². The van der Waals surface area contributed by atoms with E-state index in [0.717, 1.165) is 0 Å².